The summed E-state index contributed by atoms with van der Waals surface area (Å²) in [6, 6.07) is 2.58. The normalized spacial score (nSPS) is 16.6. The fourth-order valence-electron chi connectivity index (χ4n) is 2.43. The molecule has 4 heteroatoms. The van der Waals surface area contributed by atoms with Gasteiger partial charge in [0.05, 0.1) is 6.26 Å². The predicted molar refractivity (Wildman–Crippen MR) is 77.5 cm³/mol. The molecule has 1 heterocycles. The second-order valence-electron chi connectivity index (χ2n) is 5.14. The Hall–Kier alpha value is -1.03. The Labute approximate surface area is 115 Å². The molecule has 100 valence electrons. The molecule has 1 fully saturated rings. The SMILES string of the molecule is Cc1occc1CN(C)C(=S)NC1CCCCC1. The van der Waals surface area contributed by atoms with Crippen LogP contribution in [0.5, 0.6) is 0 Å². The lowest BCUT2D eigenvalue weighted by molar-refractivity contribution is 0.391. The monoisotopic (exact) mass is 266 g/mol. The lowest BCUT2D eigenvalue weighted by Gasteiger charge is -2.28. The maximum Gasteiger partial charge on any atom is 0.169 e. The van der Waals surface area contributed by atoms with Crippen LogP contribution in [0.15, 0.2) is 16.7 Å². The van der Waals surface area contributed by atoms with Gasteiger partial charge in [0.1, 0.15) is 5.76 Å². The minimum atomic E-state index is 0.569. The molecule has 0 spiro atoms. The maximum absolute atomic E-state index is 5.46. The van der Waals surface area contributed by atoms with Crippen molar-refractivity contribution >= 4 is 17.3 Å². The number of aryl methyl sites for hydroxylation is 1. The summed E-state index contributed by atoms with van der Waals surface area (Å²) in [5, 5.41) is 4.33. The van der Waals surface area contributed by atoms with E-state index in [1.54, 1.807) is 6.26 Å². The first-order valence-corrected chi connectivity index (χ1v) is 7.12. The highest BCUT2D eigenvalue weighted by molar-refractivity contribution is 7.80. The van der Waals surface area contributed by atoms with E-state index in [-0.39, 0.29) is 0 Å². The van der Waals surface area contributed by atoms with Crippen molar-refractivity contribution in [2.75, 3.05) is 7.05 Å². The van der Waals surface area contributed by atoms with Crippen molar-refractivity contribution in [3.8, 4) is 0 Å². The van der Waals surface area contributed by atoms with Crippen LogP contribution in [0.2, 0.25) is 0 Å². The van der Waals surface area contributed by atoms with E-state index >= 15 is 0 Å². The van der Waals surface area contributed by atoms with Crippen LogP contribution in [0.1, 0.15) is 43.4 Å². The van der Waals surface area contributed by atoms with Gasteiger partial charge in [-0.3, -0.25) is 0 Å². The molecule has 1 aliphatic rings. The molecule has 0 radical (unpaired) electrons. The molecule has 1 saturated carbocycles. The Bertz CT molecular complexity index is 396. The largest absolute Gasteiger partial charge is 0.469 e. The van der Waals surface area contributed by atoms with Crippen LogP contribution in [0.4, 0.5) is 0 Å². The molecule has 1 aromatic rings. The summed E-state index contributed by atoms with van der Waals surface area (Å²) in [7, 11) is 2.03. The van der Waals surface area contributed by atoms with Gasteiger partial charge in [0.2, 0.25) is 0 Å². The molecule has 1 N–H and O–H groups in total. The van der Waals surface area contributed by atoms with Gasteiger partial charge in [0, 0.05) is 25.2 Å². The third-order valence-corrected chi connectivity index (χ3v) is 4.08. The molecule has 0 aliphatic heterocycles. The second kappa shape index (κ2) is 6.23. The summed E-state index contributed by atoms with van der Waals surface area (Å²) in [5.74, 6) is 0.974. The van der Waals surface area contributed by atoms with E-state index in [1.807, 2.05) is 20.0 Å². The number of nitrogens with zero attached hydrogens (tertiary/aromatic N) is 1. The third kappa shape index (κ3) is 3.48. The van der Waals surface area contributed by atoms with Crippen LogP contribution in [-0.2, 0) is 6.54 Å². The standard InChI is InChI=1S/C14H22N2OS/c1-11-12(8-9-17-11)10-16(2)14(18)15-13-6-4-3-5-7-13/h8-9,13H,3-7,10H2,1-2H3,(H,15,18). The molecule has 0 unspecified atom stereocenters. The van der Waals surface area contributed by atoms with E-state index in [9.17, 15) is 0 Å². The second-order valence-corrected chi connectivity index (χ2v) is 5.53. The van der Waals surface area contributed by atoms with E-state index in [0.717, 1.165) is 17.4 Å². The number of furan rings is 1. The quantitative estimate of drug-likeness (QED) is 0.850. The molecule has 0 atom stereocenters. The summed E-state index contributed by atoms with van der Waals surface area (Å²) in [4.78, 5) is 2.09. The average molecular weight is 266 g/mol. The molecule has 1 aromatic heterocycles. The Morgan fingerprint density at radius 1 is 1.44 bits per heavy atom. The molecule has 3 nitrogen and oxygen atoms in total. The minimum Gasteiger partial charge on any atom is -0.469 e. The number of thiocarbonyl (C=S) groups is 1. The van der Waals surface area contributed by atoms with E-state index in [2.05, 4.69) is 10.2 Å². The lowest BCUT2D eigenvalue weighted by Crippen LogP contribution is -2.43. The Balaban J connectivity index is 1.83. The van der Waals surface area contributed by atoms with Crippen LogP contribution < -0.4 is 5.32 Å². The number of rotatable bonds is 3. The van der Waals surface area contributed by atoms with Crippen molar-refractivity contribution in [2.45, 2.75) is 51.6 Å². The highest BCUT2D eigenvalue weighted by atomic mass is 32.1. The number of hydrogen-bond acceptors (Lipinski definition) is 2. The van der Waals surface area contributed by atoms with E-state index in [0.29, 0.717) is 6.04 Å². The van der Waals surface area contributed by atoms with Crippen molar-refractivity contribution in [1.29, 1.82) is 0 Å². The van der Waals surface area contributed by atoms with Gasteiger partial charge in [-0.25, -0.2) is 0 Å². The fraction of sp³-hybridized carbons (Fsp3) is 0.643. The molecular formula is C14H22N2OS. The van der Waals surface area contributed by atoms with Crippen LogP contribution in [0, 0.1) is 6.92 Å². The van der Waals surface area contributed by atoms with Gasteiger partial charge in [0.15, 0.2) is 5.11 Å². The fourth-order valence-corrected chi connectivity index (χ4v) is 2.67. The zero-order chi connectivity index (χ0) is 13.0. The van der Waals surface area contributed by atoms with Crippen LogP contribution >= 0.6 is 12.2 Å². The van der Waals surface area contributed by atoms with Gasteiger partial charge in [-0.05, 0) is 38.0 Å². The first-order chi connectivity index (χ1) is 8.66. The molecule has 18 heavy (non-hydrogen) atoms. The van der Waals surface area contributed by atoms with Crippen molar-refractivity contribution in [3.63, 3.8) is 0 Å². The summed E-state index contributed by atoms with van der Waals surface area (Å²) in [6.07, 6.45) is 8.25. The minimum absolute atomic E-state index is 0.569. The van der Waals surface area contributed by atoms with Crippen molar-refractivity contribution in [3.05, 3.63) is 23.7 Å². The first kappa shape index (κ1) is 13.4. The van der Waals surface area contributed by atoms with Gasteiger partial charge < -0.3 is 14.6 Å². The Kier molecular flexibility index (Phi) is 4.64. The van der Waals surface area contributed by atoms with E-state index < -0.39 is 0 Å². The third-order valence-electron chi connectivity index (χ3n) is 3.65. The topological polar surface area (TPSA) is 28.4 Å². The molecule has 2 rings (SSSR count). The average Bonchev–Trinajstić information content (AvgIpc) is 2.76. The summed E-state index contributed by atoms with van der Waals surface area (Å²) in [6.45, 7) is 2.79. The summed E-state index contributed by atoms with van der Waals surface area (Å²) >= 11 is 5.46. The lowest BCUT2D eigenvalue weighted by atomic mass is 9.96. The summed E-state index contributed by atoms with van der Waals surface area (Å²) in [5.41, 5.74) is 1.20. The molecular weight excluding hydrogens is 244 g/mol. The van der Waals surface area contributed by atoms with Crippen LogP contribution in [0.25, 0.3) is 0 Å². The molecule has 1 aliphatic carbocycles. The summed E-state index contributed by atoms with van der Waals surface area (Å²) < 4.78 is 5.30. The predicted octanol–water partition coefficient (Wildman–Crippen LogP) is 3.23. The number of hydrogen-bond donors (Lipinski definition) is 1. The van der Waals surface area contributed by atoms with Gasteiger partial charge in [-0.15, -0.1) is 0 Å². The van der Waals surface area contributed by atoms with Crippen molar-refractivity contribution in [2.24, 2.45) is 0 Å². The van der Waals surface area contributed by atoms with Gasteiger partial charge in [-0.1, -0.05) is 19.3 Å². The maximum atomic E-state index is 5.46. The molecule has 0 amide bonds. The zero-order valence-electron chi connectivity index (χ0n) is 11.2. The van der Waals surface area contributed by atoms with Crippen molar-refractivity contribution in [1.82, 2.24) is 10.2 Å². The van der Waals surface area contributed by atoms with Gasteiger partial charge in [0.25, 0.3) is 0 Å². The van der Waals surface area contributed by atoms with Crippen molar-refractivity contribution < 1.29 is 4.42 Å². The van der Waals surface area contributed by atoms with E-state index in [1.165, 1.54) is 37.7 Å². The van der Waals surface area contributed by atoms with Crippen LogP contribution in [0.3, 0.4) is 0 Å². The van der Waals surface area contributed by atoms with Gasteiger partial charge >= 0.3 is 0 Å². The molecule has 0 aromatic carbocycles. The highest BCUT2D eigenvalue weighted by Gasteiger charge is 2.16. The first-order valence-electron chi connectivity index (χ1n) is 6.71. The van der Waals surface area contributed by atoms with Gasteiger partial charge in [-0.2, -0.15) is 0 Å². The highest BCUT2D eigenvalue weighted by Crippen LogP contribution is 2.18. The number of nitrogens with one attached hydrogen (secondary N) is 1. The zero-order valence-corrected chi connectivity index (χ0v) is 12.1. The smallest absolute Gasteiger partial charge is 0.169 e. The Morgan fingerprint density at radius 3 is 2.78 bits per heavy atom. The van der Waals surface area contributed by atoms with Crippen LogP contribution in [-0.4, -0.2) is 23.1 Å². The Morgan fingerprint density at radius 2 is 2.17 bits per heavy atom. The molecule has 0 saturated heterocycles. The van der Waals surface area contributed by atoms with E-state index in [4.69, 9.17) is 16.6 Å². The molecule has 0 bridgehead atoms.